The molecule has 0 saturated heterocycles. The molecule has 0 radical (unpaired) electrons. The molecule has 0 aromatic heterocycles. The van der Waals surface area contributed by atoms with Crippen molar-refractivity contribution >= 4 is 5.69 Å². The molecule has 0 aliphatic carbocycles. The molecule has 1 unspecified atom stereocenters. The summed E-state index contributed by atoms with van der Waals surface area (Å²) in [5, 5.41) is 3.37. The van der Waals surface area contributed by atoms with Crippen molar-refractivity contribution in [3.05, 3.63) is 24.0 Å². The molecule has 0 aliphatic heterocycles. The van der Waals surface area contributed by atoms with Crippen molar-refractivity contribution in [2.75, 3.05) is 12.4 Å². The molecule has 3 heteroatoms. The van der Waals surface area contributed by atoms with E-state index in [9.17, 15) is 4.39 Å². The van der Waals surface area contributed by atoms with E-state index < -0.39 is 0 Å². The van der Waals surface area contributed by atoms with Crippen molar-refractivity contribution in [2.45, 2.75) is 52.0 Å². The van der Waals surface area contributed by atoms with Crippen LogP contribution in [0.1, 0.15) is 46.0 Å². The minimum atomic E-state index is -0.321. The van der Waals surface area contributed by atoms with Crippen LogP contribution in [0.4, 0.5) is 10.1 Å². The highest BCUT2D eigenvalue weighted by molar-refractivity contribution is 5.49. The van der Waals surface area contributed by atoms with Gasteiger partial charge in [-0.1, -0.05) is 32.6 Å². The van der Waals surface area contributed by atoms with Gasteiger partial charge in [-0.05, 0) is 25.5 Å². The quantitative estimate of drug-likeness (QED) is 0.683. The molecule has 18 heavy (non-hydrogen) atoms. The molecule has 1 N–H and O–H groups in total. The van der Waals surface area contributed by atoms with Crippen molar-refractivity contribution in [1.29, 1.82) is 0 Å². The van der Waals surface area contributed by atoms with Gasteiger partial charge in [-0.3, -0.25) is 0 Å². The van der Waals surface area contributed by atoms with Crippen LogP contribution in [-0.4, -0.2) is 13.2 Å². The minimum Gasteiger partial charge on any atom is -0.494 e. The van der Waals surface area contributed by atoms with Crippen molar-refractivity contribution < 1.29 is 9.13 Å². The maximum atomic E-state index is 13.2. The molecule has 2 nitrogen and oxygen atoms in total. The van der Waals surface area contributed by atoms with E-state index in [1.165, 1.54) is 38.9 Å². The zero-order valence-electron chi connectivity index (χ0n) is 11.6. The van der Waals surface area contributed by atoms with Crippen LogP contribution in [0.3, 0.4) is 0 Å². The van der Waals surface area contributed by atoms with Gasteiger partial charge in [-0.2, -0.15) is 0 Å². The van der Waals surface area contributed by atoms with E-state index in [0.29, 0.717) is 6.04 Å². The van der Waals surface area contributed by atoms with Gasteiger partial charge in [0.25, 0.3) is 0 Å². The number of halogens is 1. The van der Waals surface area contributed by atoms with Gasteiger partial charge < -0.3 is 10.1 Å². The summed E-state index contributed by atoms with van der Waals surface area (Å²) in [5.74, 6) is -0.0307. The second kappa shape index (κ2) is 7.96. The minimum absolute atomic E-state index is 0.290. The first-order chi connectivity index (χ1) is 8.67. The standard InChI is InChI=1S/C15H24FNO/c1-4-5-6-7-8-12(2)17-13-9-10-14(16)15(11-13)18-3/h9-12,17H,4-8H2,1-3H3. The number of hydrogen-bond donors (Lipinski definition) is 1. The van der Waals surface area contributed by atoms with Gasteiger partial charge in [0.15, 0.2) is 11.6 Å². The van der Waals surface area contributed by atoms with E-state index in [1.807, 2.05) is 0 Å². The van der Waals surface area contributed by atoms with Crippen LogP contribution in [-0.2, 0) is 0 Å². The lowest BCUT2D eigenvalue weighted by atomic mass is 10.1. The predicted molar refractivity (Wildman–Crippen MR) is 74.8 cm³/mol. The first-order valence-electron chi connectivity index (χ1n) is 6.77. The fourth-order valence-electron chi connectivity index (χ4n) is 1.98. The Morgan fingerprint density at radius 1 is 1.28 bits per heavy atom. The van der Waals surface area contributed by atoms with Gasteiger partial charge in [-0.25, -0.2) is 4.39 Å². The van der Waals surface area contributed by atoms with Gasteiger partial charge in [0.1, 0.15) is 0 Å². The zero-order valence-corrected chi connectivity index (χ0v) is 11.6. The highest BCUT2D eigenvalue weighted by Gasteiger charge is 2.06. The van der Waals surface area contributed by atoms with E-state index >= 15 is 0 Å². The summed E-state index contributed by atoms with van der Waals surface area (Å²) in [6.07, 6.45) is 6.23. The van der Waals surface area contributed by atoms with Crippen molar-refractivity contribution in [3.8, 4) is 5.75 Å². The Morgan fingerprint density at radius 2 is 2.06 bits per heavy atom. The molecular weight excluding hydrogens is 229 g/mol. The zero-order chi connectivity index (χ0) is 13.4. The average Bonchev–Trinajstić information content (AvgIpc) is 2.37. The summed E-state index contributed by atoms with van der Waals surface area (Å²) in [5.41, 5.74) is 0.913. The van der Waals surface area contributed by atoms with Gasteiger partial charge in [0.05, 0.1) is 7.11 Å². The Morgan fingerprint density at radius 3 is 2.72 bits per heavy atom. The van der Waals surface area contributed by atoms with Crippen LogP contribution in [0.25, 0.3) is 0 Å². The first kappa shape index (κ1) is 14.8. The number of hydrogen-bond acceptors (Lipinski definition) is 2. The molecule has 0 amide bonds. The Labute approximate surface area is 110 Å². The lowest BCUT2D eigenvalue weighted by Crippen LogP contribution is -2.14. The number of methoxy groups -OCH3 is 1. The molecule has 0 bridgehead atoms. The predicted octanol–water partition coefficient (Wildman–Crippen LogP) is 4.61. The fourth-order valence-corrected chi connectivity index (χ4v) is 1.98. The summed E-state index contributed by atoms with van der Waals surface area (Å²) in [6.45, 7) is 4.37. The van der Waals surface area contributed by atoms with Crippen molar-refractivity contribution in [1.82, 2.24) is 0 Å². The summed E-state index contributed by atoms with van der Waals surface area (Å²) in [4.78, 5) is 0. The molecule has 0 aliphatic rings. The normalized spacial score (nSPS) is 12.2. The maximum Gasteiger partial charge on any atom is 0.165 e. The summed E-state index contributed by atoms with van der Waals surface area (Å²) < 4.78 is 18.2. The van der Waals surface area contributed by atoms with Gasteiger partial charge in [0, 0.05) is 17.8 Å². The number of anilines is 1. The highest BCUT2D eigenvalue weighted by atomic mass is 19.1. The topological polar surface area (TPSA) is 21.3 Å². The second-order valence-electron chi connectivity index (χ2n) is 4.74. The highest BCUT2D eigenvalue weighted by Crippen LogP contribution is 2.22. The molecular formula is C15H24FNO. The fraction of sp³-hybridized carbons (Fsp3) is 0.600. The summed E-state index contributed by atoms with van der Waals surface area (Å²) >= 11 is 0. The Hall–Kier alpha value is -1.25. The van der Waals surface area contributed by atoms with Gasteiger partial charge in [-0.15, -0.1) is 0 Å². The van der Waals surface area contributed by atoms with Gasteiger partial charge in [0.2, 0.25) is 0 Å². The first-order valence-corrected chi connectivity index (χ1v) is 6.77. The second-order valence-corrected chi connectivity index (χ2v) is 4.74. The van der Waals surface area contributed by atoms with Crippen molar-refractivity contribution in [3.63, 3.8) is 0 Å². The maximum absolute atomic E-state index is 13.2. The number of benzene rings is 1. The van der Waals surface area contributed by atoms with Gasteiger partial charge >= 0.3 is 0 Å². The van der Waals surface area contributed by atoms with E-state index in [0.717, 1.165) is 12.1 Å². The van der Waals surface area contributed by atoms with Crippen LogP contribution in [0, 0.1) is 5.82 Å². The van der Waals surface area contributed by atoms with Crippen LogP contribution in [0.2, 0.25) is 0 Å². The third-order valence-corrected chi connectivity index (χ3v) is 3.05. The lowest BCUT2D eigenvalue weighted by molar-refractivity contribution is 0.386. The molecule has 102 valence electrons. The Kier molecular flexibility index (Phi) is 6.55. The summed E-state index contributed by atoms with van der Waals surface area (Å²) in [6, 6.07) is 5.29. The monoisotopic (exact) mass is 253 g/mol. The molecule has 1 aromatic rings. The SMILES string of the molecule is CCCCCCC(C)Nc1ccc(F)c(OC)c1. The number of ether oxygens (including phenoxy) is 1. The average molecular weight is 253 g/mol. The lowest BCUT2D eigenvalue weighted by Gasteiger charge is -2.16. The number of rotatable bonds is 8. The van der Waals surface area contributed by atoms with E-state index in [1.54, 1.807) is 12.1 Å². The third kappa shape index (κ3) is 4.94. The number of unbranched alkanes of at least 4 members (excludes halogenated alkanes) is 3. The third-order valence-electron chi connectivity index (χ3n) is 3.05. The van der Waals surface area contributed by atoms with E-state index in [4.69, 9.17) is 4.74 Å². The summed E-state index contributed by atoms with van der Waals surface area (Å²) in [7, 11) is 1.48. The van der Waals surface area contributed by atoms with Crippen LogP contribution in [0.5, 0.6) is 5.75 Å². The molecule has 0 heterocycles. The molecule has 1 aromatic carbocycles. The van der Waals surface area contributed by atoms with Crippen molar-refractivity contribution in [2.24, 2.45) is 0 Å². The smallest absolute Gasteiger partial charge is 0.165 e. The largest absolute Gasteiger partial charge is 0.494 e. The molecule has 1 rings (SSSR count). The molecule has 0 fully saturated rings. The van der Waals surface area contributed by atoms with E-state index in [2.05, 4.69) is 19.2 Å². The molecule has 0 spiro atoms. The van der Waals surface area contributed by atoms with Crippen LogP contribution >= 0.6 is 0 Å². The Balaban J connectivity index is 2.41. The molecule has 1 atom stereocenters. The Bertz CT molecular complexity index is 354. The number of nitrogens with one attached hydrogen (secondary N) is 1. The molecule has 0 saturated carbocycles. The van der Waals surface area contributed by atoms with Crippen LogP contribution < -0.4 is 10.1 Å². The van der Waals surface area contributed by atoms with Crippen LogP contribution in [0.15, 0.2) is 18.2 Å². The van der Waals surface area contributed by atoms with E-state index in [-0.39, 0.29) is 11.6 Å².